The average molecular weight is 270 g/mol. The van der Waals surface area contributed by atoms with Gasteiger partial charge in [-0.05, 0) is 31.2 Å². The molecule has 1 N–H and O–H groups in total. The van der Waals surface area contributed by atoms with Crippen LogP contribution in [0.15, 0.2) is 24.3 Å². The van der Waals surface area contributed by atoms with Gasteiger partial charge in [-0.25, -0.2) is 8.42 Å². The molecule has 0 radical (unpaired) electrons. The van der Waals surface area contributed by atoms with E-state index in [1.54, 1.807) is 0 Å². The standard InChI is InChI=1S/C13H22N2O2S/c1-14-13(9-10-18(4,16)17)11-5-7-12(8-6-11)15(2)3/h5-8,13-14H,9-10H2,1-4H3. The van der Waals surface area contributed by atoms with Crippen LogP contribution in [-0.2, 0) is 9.84 Å². The Kier molecular flexibility index (Phi) is 5.16. The molecule has 1 rings (SSSR count). The van der Waals surface area contributed by atoms with Crippen LogP contribution < -0.4 is 10.2 Å². The zero-order valence-corrected chi connectivity index (χ0v) is 12.3. The van der Waals surface area contributed by atoms with Crippen molar-refractivity contribution in [3.63, 3.8) is 0 Å². The van der Waals surface area contributed by atoms with Gasteiger partial charge in [0.05, 0.1) is 5.75 Å². The van der Waals surface area contributed by atoms with Crippen molar-refractivity contribution in [3.05, 3.63) is 29.8 Å². The van der Waals surface area contributed by atoms with E-state index in [1.165, 1.54) is 6.26 Å². The average Bonchev–Trinajstić information content (AvgIpc) is 2.29. The highest BCUT2D eigenvalue weighted by Gasteiger charge is 2.12. The lowest BCUT2D eigenvalue weighted by Gasteiger charge is -2.18. The predicted molar refractivity (Wildman–Crippen MR) is 76.9 cm³/mol. The lowest BCUT2D eigenvalue weighted by molar-refractivity contribution is 0.559. The van der Waals surface area contributed by atoms with Crippen molar-refractivity contribution in [2.24, 2.45) is 0 Å². The van der Waals surface area contributed by atoms with Gasteiger partial charge < -0.3 is 10.2 Å². The molecule has 4 nitrogen and oxygen atoms in total. The monoisotopic (exact) mass is 270 g/mol. The molecule has 1 aromatic rings. The van der Waals surface area contributed by atoms with Gasteiger partial charge in [0.15, 0.2) is 0 Å². The van der Waals surface area contributed by atoms with E-state index in [0.29, 0.717) is 6.42 Å². The van der Waals surface area contributed by atoms with Crippen molar-refractivity contribution in [3.8, 4) is 0 Å². The number of hydrogen-bond donors (Lipinski definition) is 1. The molecule has 0 bridgehead atoms. The minimum Gasteiger partial charge on any atom is -0.378 e. The van der Waals surface area contributed by atoms with Crippen LogP contribution in [0.5, 0.6) is 0 Å². The van der Waals surface area contributed by atoms with Crippen LogP contribution >= 0.6 is 0 Å². The summed E-state index contributed by atoms with van der Waals surface area (Å²) in [4.78, 5) is 2.04. The number of benzene rings is 1. The maximum atomic E-state index is 11.2. The molecule has 1 aromatic carbocycles. The molecule has 1 unspecified atom stereocenters. The first kappa shape index (κ1) is 15.0. The van der Waals surface area contributed by atoms with Crippen LogP contribution in [-0.4, -0.2) is 41.6 Å². The first-order valence-electron chi connectivity index (χ1n) is 5.96. The molecule has 0 fully saturated rings. The van der Waals surface area contributed by atoms with Gasteiger partial charge in [-0.15, -0.1) is 0 Å². The molecular weight excluding hydrogens is 248 g/mol. The number of hydrogen-bond acceptors (Lipinski definition) is 4. The minimum absolute atomic E-state index is 0.0796. The highest BCUT2D eigenvalue weighted by atomic mass is 32.2. The van der Waals surface area contributed by atoms with Crippen molar-refractivity contribution in [2.75, 3.05) is 38.1 Å². The van der Waals surface area contributed by atoms with E-state index >= 15 is 0 Å². The molecule has 0 heterocycles. The van der Waals surface area contributed by atoms with Gasteiger partial charge in [0.1, 0.15) is 9.84 Å². The second-order valence-electron chi connectivity index (χ2n) is 4.75. The summed E-state index contributed by atoms with van der Waals surface area (Å²) in [6, 6.07) is 8.24. The predicted octanol–water partition coefficient (Wildman–Crippen LogP) is 1.45. The number of nitrogens with zero attached hydrogens (tertiary/aromatic N) is 1. The molecular formula is C13H22N2O2S. The Morgan fingerprint density at radius 3 is 2.17 bits per heavy atom. The van der Waals surface area contributed by atoms with Crippen molar-refractivity contribution in [1.29, 1.82) is 0 Å². The van der Waals surface area contributed by atoms with Crippen LogP contribution in [0.4, 0.5) is 5.69 Å². The van der Waals surface area contributed by atoms with Crippen molar-refractivity contribution in [2.45, 2.75) is 12.5 Å². The fraction of sp³-hybridized carbons (Fsp3) is 0.538. The second kappa shape index (κ2) is 6.20. The zero-order valence-electron chi connectivity index (χ0n) is 11.5. The Balaban J connectivity index is 2.76. The van der Waals surface area contributed by atoms with Crippen LogP contribution in [0.2, 0.25) is 0 Å². The largest absolute Gasteiger partial charge is 0.378 e. The Morgan fingerprint density at radius 2 is 1.78 bits per heavy atom. The summed E-state index contributed by atoms with van der Waals surface area (Å²) in [6.45, 7) is 0. The topological polar surface area (TPSA) is 49.4 Å². The molecule has 18 heavy (non-hydrogen) atoms. The third-order valence-corrected chi connectivity index (χ3v) is 3.91. The molecule has 0 spiro atoms. The van der Waals surface area contributed by atoms with Gasteiger partial charge in [0.2, 0.25) is 0 Å². The first-order chi connectivity index (χ1) is 8.33. The van der Waals surface area contributed by atoms with Gasteiger partial charge >= 0.3 is 0 Å². The summed E-state index contributed by atoms with van der Waals surface area (Å²) < 4.78 is 22.4. The molecule has 102 valence electrons. The lowest BCUT2D eigenvalue weighted by atomic mass is 10.0. The van der Waals surface area contributed by atoms with E-state index in [9.17, 15) is 8.42 Å². The SMILES string of the molecule is CNC(CCS(C)(=O)=O)c1ccc(N(C)C)cc1. The minimum atomic E-state index is -2.91. The molecule has 0 aliphatic heterocycles. The molecule has 5 heteroatoms. The molecule has 1 atom stereocenters. The zero-order chi connectivity index (χ0) is 13.8. The van der Waals surface area contributed by atoms with E-state index < -0.39 is 9.84 Å². The summed E-state index contributed by atoms with van der Waals surface area (Å²) in [6.07, 6.45) is 1.87. The third kappa shape index (κ3) is 4.66. The van der Waals surface area contributed by atoms with E-state index in [-0.39, 0.29) is 11.8 Å². The quantitative estimate of drug-likeness (QED) is 0.850. The Labute approximate surface area is 110 Å². The smallest absolute Gasteiger partial charge is 0.147 e. The molecule has 0 saturated carbocycles. The maximum absolute atomic E-state index is 11.2. The van der Waals surface area contributed by atoms with Crippen LogP contribution in [0.3, 0.4) is 0 Å². The van der Waals surface area contributed by atoms with Gasteiger partial charge in [-0.3, -0.25) is 0 Å². The number of sulfone groups is 1. The van der Waals surface area contributed by atoms with E-state index in [1.807, 2.05) is 50.3 Å². The summed E-state index contributed by atoms with van der Waals surface area (Å²) in [5, 5.41) is 3.16. The number of nitrogens with one attached hydrogen (secondary N) is 1. The van der Waals surface area contributed by atoms with Gasteiger partial charge in [-0.1, -0.05) is 12.1 Å². The Morgan fingerprint density at radius 1 is 1.22 bits per heavy atom. The maximum Gasteiger partial charge on any atom is 0.147 e. The first-order valence-corrected chi connectivity index (χ1v) is 8.02. The van der Waals surface area contributed by atoms with Crippen LogP contribution in [0.25, 0.3) is 0 Å². The van der Waals surface area contributed by atoms with Gasteiger partial charge in [-0.2, -0.15) is 0 Å². The van der Waals surface area contributed by atoms with Crippen molar-refractivity contribution in [1.82, 2.24) is 5.32 Å². The number of anilines is 1. The van der Waals surface area contributed by atoms with Gasteiger partial charge in [0, 0.05) is 32.1 Å². The molecule has 0 aromatic heterocycles. The van der Waals surface area contributed by atoms with Crippen molar-refractivity contribution >= 4 is 15.5 Å². The summed E-state index contributed by atoms with van der Waals surface area (Å²) >= 11 is 0. The number of rotatable bonds is 6. The Bertz CT molecular complexity index is 466. The highest BCUT2D eigenvalue weighted by Crippen LogP contribution is 2.20. The van der Waals surface area contributed by atoms with E-state index in [2.05, 4.69) is 5.32 Å². The molecule has 0 saturated heterocycles. The summed E-state index contributed by atoms with van der Waals surface area (Å²) in [5.41, 5.74) is 2.25. The van der Waals surface area contributed by atoms with Crippen LogP contribution in [0, 0.1) is 0 Å². The van der Waals surface area contributed by atoms with Gasteiger partial charge in [0.25, 0.3) is 0 Å². The normalized spacial score (nSPS) is 13.3. The Hall–Kier alpha value is -1.07. The van der Waals surface area contributed by atoms with E-state index in [0.717, 1.165) is 11.3 Å². The fourth-order valence-corrected chi connectivity index (χ4v) is 2.48. The highest BCUT2D eigenvalue weighted by molar-refractivity contribution is 7.90. The molecule has 0 aliphatic carbocycles. The fourth-order valence-electron chi connectivity index (χ4n) is 1.81. The second-order valence-corrected chi connectivity index (χ2v) is 7.01. The third-order valence-electron chi connectivity index (χ3n) is 2.94. The van der Waals surface area contributed by atoms with Crippen molar-refractivity contribution < 1.29 is 8.42 Å². The summed E-state index contributed by atoms with van der Waals surface area (Å²) in [5.74, 6) is 0.202. The van der Waals surface area contributed by atoms with E-state index in [4.69, 9.17) is 0 Å². The van der Waals surface area contributed by atoms with Crippen LogP contribution in [0.1, 0.15) is 18.0 Å². The molecule has 0 aliphatic rings. The molecule has 0 amide bonds. The lowest BCUT2D eigenvalue weighted by Crippen LogP contribution is -2.20. The summed E-state index contributed by atoms with van der Waals surface area (Å²) in [7, 11) is 2.94.